The minimum atomic E-state index is -0.499. The van der Waals surface area contributed by atoms with E-state index < -0.39 is 5.82 Å². The van der Waals surface area contributed by atoms with E-state index in [1.54, 1.807) is 6.07 Å². The molecule has 94 valence electrons. The number of Topliss-reactive ketones (excluding diaryl/α,β-unsaturated/α-hetero) is 1. The topological polar surface area (TPSA) is 55.0 Å². The molecule has 1 aromatic carbocycles. The molecule has 2 heterocycles. The molecule has 1 aliphatic rings. The molecule has 0 aliphatic carbocycles. The summed E-state index contributed by atoms with van der Waals surface area (Å²) in [6.45, 7) is 1.15. The number of ketones is 1. The lowest BCUT2D eigenvalue weighted by Gasteiger charge is -2.20. The van der Waals surface area contributed by atoms with Crippen molar-refractivity contribution in [1.82, 2.24) is 9.97 Å². The zero-order valence-corrected chi connectivity index (χ0v) is 9.78. The van der Waals surface area contributed by atoms with Gasteiger partial charge in [-0.1, -0.05) is 0 Å². The average Bonchev–Trinajstić information content (AvgIpc) is 2.89. The number of H-pyrrole nitrogens is 1. The zero-order chi connectivity index (χ0) is 12.5. The van der Waals surface area contributed by atoms with Crippen LogP contribution in [0.1, 0.15) is 23.2 Å². The molecule has 0 radical (unpaired) electrons. The third-order valence-corrected chi connectivity index (χ3v) is 3.39. The van der Waals surface area contributed by atoms with Gasteiger partial charge in [-0.15, -0.1) is 0 Å². The third-order valence-electron chi connectivity index (χ3n) is 3.39. The van der Waals surface area contributed by atoms with E-state index in [4.69, 9.17) is 4.74 Å². The van der Waals surface area contributed by atoms with Crippen LogP contribution in [0.4, 0.5) is 4.39 Å². The first-order valence-electron chi connectivity index (χ1n) is 6.01. The Labute approximate surface area is 103 Å². The predicted molar refractivity (Wildman–Crippen MR) is 63.9 cm³/mol. The Bertz CT molecular complexity index is 588. The van der Waals surface area contributed by atoms with Crippen molar-refractivity contribution in [3.63, 3.8) is 0 Å². The van der Waals surface area contributed by atoms with E-state index >= 15 is 0 Å². The van der Waals surface area contributed by atoms with Crippen LogP contribution in [0.5, 0.6) is 0 Å². The summed E-state index contributed by atoms with van der Waals surface area (Å²) >= 11 is 0. The number of rotatable bonds is 2. The van der Waals surface area contributed by atoms with Crippen molar-refractivity contribution in [3.05, 3.63) is 29.8 Å². The lowest BCUT2D eigenvalue weighted by molar-refractivity contribution is 0.0542. The number of nitrogens with one attached hydrogen (secondary N) is 1. The van der Waals surface area contributed by atoms with Crippen molar-refractivity contribution in [2.24, 2.45) is 5.92 Å². The molecule has 1 aliphatic heterocycles. The minimum Gasteiger partial charge on any atom is -0.381 e. The van der Waals surface area contributed by atoms with Crippen molar-refractivity contribution in [1.29, 1.82) is 0 Å². The number of benzene rings is 1. The second-order valence-corrected chi connectivity index (χ2v) is 4.47. The monoisotopic (exact) mass is 248 g/mol. The summed E-state index contributed by atoms with van der Waals surface area (Å²) in [6, 6.07) is 3.19. The summed E-state index contributed by atoms with van der Waals surface area (Å²) in [5.41, 5.74) is 0.989. The fraction of sp³-hybridized carbons (Fsp3) is 0.385. The number of aromatic amines is 1. The van der Waals surface area contributed by atoms with Gasteiger partial charge in [0.2, 0.25) is 0 Å². The molecule has 1 aromatic heterocycles. The molecule has 0 unspecified atom stereocenters. The van der Waals surface area contributed by atoms with Crippen molar-refractivity contribution >= 4 is 16.8 Å². The Morgan fingerprint density at radius 3 is 2.94 bits per heavy atom. The van der Waals surface area contributed by atoms with E-state index in [0.717, 1.165) is 0 Å². The van der Waals surface area contributed by atoms with Gasteiger partial charge in [0.25, 0.3) is 0 Å². The van der Waals surface area contributed by atoms with E-state index in [1.807, 2.05) is 0 Å². The molecule has 18 heavy (non-hydrogen) atoms. The number of carbonyl (C=O) groups is 1. The van der Waals surface area contributed by atoms with Crippen LogP contribution in [0.15, 0.2) is 18.5 Å². The number of ether oxygens (including phenoxy) is 1. The first kappa shape index (κ1) is 11.3. The van der Waals surface area contributed by atoms with E-state index in [2.05, 4.69) is 9.97 Å². The number of halogens is 1. The Morgan fingerprint density at radius 1 is 1.39 bits per heavy atom. The zero-order valence-electron chi connectivity index (χ0n) is 9.78. The second kappa shape index (κ2) is 4.49. The molecule has 0 saturated carbocycles. The standard InChI is InChI=1S/C13H13FN2O2/c14-11-9(1-2-10-12(11)16-7-15-10)13(17)8-3-5-18-6-4-8/h1-2,7-8H,3-6H2,(H,15,16). The summed E-state index contributed by atoms with van der Waals surface area (Å²) in [5, 5.41) is 0. The molecule has 0 atom stereocenters. The van der Waals surface area contributed by atoms with Crippen LogP contribution < -0.4 is 0 Å². The van der Waals surface area contributed by atoms with E-state index in [-0.39, 0.29) is 17.3 Å². The van der Waals surface area contributed by atoms with Gasteiger partial charge in [0, 0.05) is 19.1 Å². The number of imidazole rings is 1. The van der Waals surface area contributed by atoms with Gasteiger partial charge in [-0.25, -0.2) is 9.37 Å². The van der Waals surface area contributed by atoms with Crippen molar-refractivity contribution in [3.8, 4) is 0 Å². The van der Waals surface area contributed by atoms with Crippen LogP contribution in [0.3, 0.4) is 0 Å². The average molecular weight is 248 g/mol. The van der Waals surface area contributed by atoms with Gasteiger partial charge in [0.1, 0.15) is 5.52 Å². The van der Waals surface area contributed by atoms with Crippen molar-refractivity contribution in [2.75, 3.05) is 13.2 Å². The van der Waals surface area contributed by atoms with E-state index in [0.29, 0.717) is 37.1 Å². The first-order valence-corrected chi connectivity index (χ1v) is 6.01. The summed E-state index contributed by atoms with van der Waals surface area (Å²) in [6.07, 6.45) is 2.76. The molecule has 4 nitrogen and oxygen atoms in total. The molecule has 1 N–H and O–H groups in total. The van der Waals surface area contributed by atoms with Crippen LogP contribution in [0.2, 0.25) is 0 Å². The van der Waals surface area contributed by atoms with Gasteiger partial charge >= 0.3 is 0 Å². The lowest BCUT2D eigenvalue weighted by atomic mass is 9.90. The van der Waals surface area contributed by atoms with Crippen molar-refractivity contribution < 1.29 is 13.9 Å². The summed E-state index contributed by atoms with van der Waals surface area (Å²) in [4.78, 5) is 18.9. The number of nitrogens with zero attached hydrogens (tertiary/aromatic N) is 1. The lowest BCUT2D eigenvalue weighted by Crippen LogP contribution is -2.24. The SMILES string of the molecule is O=C(c1ccc2nc[nH]c2c1F)C1CCOCC1. The van der Waals surface area contributed by atoms with Gasteiger partial charge in [-0.05, 0) is 25.0 Å². The van der Waals surface area contributed by atoms with Crippen LogP contribution in [0.25, 0.3) is 11.0 Å². The maximum Gasteiger partial charge on any atom is 0.169 e. The molecule has 0 bridgehead atoms. The van der Waals surface area contributed by atoms with Gasteiger partial charge in [-0.3, -0.25) is 4.79 Å². The van der Waals surface area contributed by atoms with Crippen LogP contribution in [-0.2, 0) is 4.74 Å². The quantitative estimate of drug-likeness (QED) is 0.830. The predicted octanol–water partition coefficient (Wildman–Crippen LogP) is 2.31. The van der Waals surface area contributed by atoms with Gasteiger partial charge in [0.05, 0.1) is 17.4 Å². The van der Waals surface area contributed by atoms with Crippen LogP contribution in [0, 0.1) is 11.7 Å². The Kier molecular flexibility index (Phi) is 2.83. The molecule has 0 spiro atoms. The maximum absolute atomic E-state index is 14.2. The first-order chi connectivity index (χ1) is 8.77. The normalized spacial score (nSPS) is 17.2. The van der Waals surface area contributed by atoms with Gasteiger partial charge in [0.15, 0.2) is 11.6 Å². The summed E-state index contributed by atoms with van der Waals surface area (Å²) in [7, 11) is 0. The molecule has 1 saturated heterocycles. The molecular weight excluding hydrogens is 235 g/mol. The Balaban J connectivity index is 1.97. The maximum atomic E-state index is 14.2. The highest BCUT2D eigenvalue weighted by Crippen LogP contribution is 2.24. The minimum absolute atomic E-state index is 0.131. The highest BCUT2D eigenvalue weighted by Gasteiger charge is 2.25. The molecule has 5 heteroatoms. The molecule has 0 amide bonds. The molecule has 1 fully saturated rings. The number of aromatic nitrogens is 2. The fourth-order valence-corrected chi connectivity index (χ4v) is 2.35. The third kappa shape index (κ3) is 1.80. The Morgan fingerprint density at radius 2 is 2.17 bits per heavy atom. The molecule has 3 rings (SSSR count). The van der Waals surface area contributed by atoms with Gasteiger partial charge in [-0.2, -0.15) is 0 Å². The van der Waals surface area contributed by atoms with E-state index in [1.165, 1.54) is 12.4 Å². The van der Waals surface area contributed by atoms with Crippen LogP contribution >= 0.6 is 0 Å². The summed E-state index contributed by atoms with van der Waals surface area (Å²) < 4.78 is 19.4. The number of fused-ring (bicyclic) bond motifs is 1. The van der Waals surface area contributed by atoms with Crippen LogP contribution in [-0.4, -0.2) is 29.0 Å². The highest BCUT2D eigenvalue weighted by molar-refractivity contribution is 6.00. The smallest absolute Gasteiger partial charge is 0.169 e. The number of hydrogen-bond donors (Lipinski definition) is 1. The highest BCUT2D eigenvalue weighted by atomic mass is 19.1. The Hall–Kier alpha value is -1.75. The number of hydrogen-bond acceptors (Lipinski definition) is 3. The molecule has 2 aromatic rings. The second-order valence-electron chi connectivity index (χ2n) is 4.47. The number of carbonyl (C=O) groups excluding carboxylic acids is 1. The summed E-state index contributed by atoms with van der Waals surface area (Å²) in [5.74, 6) is -0.762. The van der Waals surface area contributed by atoms with Crippen molar-refractivity contribution in [2.45, 2.75) is 12.8 Å². The van der Waals surface area contributed by atoms with Gasteiger partial charge < -0.3 is 9.72 Å². The molecular formula is C13H13FN2O2. The van der Waals surface area contributed by atoms with E-state index in [9.17, 15) is 9.18 Å². The fourth-order valence-electron chi connectivity index (χ4n) is 2.35. The largest absolute Gasteiger partial charge is 0.381 e.